The van der Waals surface area contributed by atoms with Gasteiger partial charge in [-0.05, 0) is 23.3 Å². The molecule has 0 atom stereocenters. The second-order valence-corrected chi connectivity index (χ2v) is 6.04. The third-order valence-electron chi connectivity index (χ3n) is 4.12. The van der Waals surface area contributed by atoms with E-state index in [4.69, 9.17) is 4.74 Å². The fourth-order valence-electron chi connectivity index (χ4n) is 2.70. The summed E-state index contributed by atoms with van der Waals surface area (Å²) in [7, 11) is 1.34. The van der Waals surface area contributed by atoms with Gasteiger partial charge in [-0.3, -0.25) is 9.59 Å². The van der Waals surface area contributed by atoms with Gasteiger partial charge < -0.3 is 14.4 Å². The van der Waals surface area contributed by atoms with E-state index >= 15 is 0 Å². The molecular formula is C19H19N5O4. The van der Waals surface area contributed by atoms with Crippen LogP contribution in [0, 0.1) is 0 Å². The zero-order valence-electron chi connectivity index (χ0n) is 15.2. The maximum atomic E-state index is 12.5. The Labute approximate surface area is 160 Å². The SMILES string of the molecule is COC(=O)CCc1cc(C(=O)C=C(O)c2nn[nH]n2)cn1Cc1ccccc1. The van der Waals surface area contributed by atoms with E-state index in [1.165, 1.54) is 7.11 Å². The number of rotatable bonds is 8. The number of hydrogen-bond acceptors (Lipinski definition) is 7. The Morgan fingerprint density at radius 3 is 2.75 bits per heavy atom. The fourth-order valence-corrected chi connectivity index (χ4v) is 2.70. The lowest BCUT2D eigenvalue weighted by Crippen LogP contribution is -2.07. The van der Waals surface area contributed by atoms with E-state index in [2.05, 4.69) is 20.6 Å². The van der Waals surface area contributed by atoms with E-state index in [1.54, 1.807) is 12.3 Å². The first kappa shape index (κ1) is 19.0. The molecular weight excluding hydrogens is 362 g/mol. The van der Waals surface area contributed by atoms with Crippen molar-refractivity contribution in [1.82, 2.24) is 25.2 Å². The molecule has 0 amide bonds. The van der Waals surface area contributed by atoms with Gasteiger partial charge in [0.1, 0.15) is 0 Å². The number of H-pyrrole nitrogens is 1. The number of aromatic amines is 1. The number of methoxy groups -OCH3 is 1. The predicted octanol–water partition coefficient (Wildman–Crippen LogP) is 1.94. The molecule has 0 spiro atoms. The molecule has 9 heteroatoms. The molecule has 0 fully saturated rings. The summed E-state index contributed by atoms with van der Waals surface area (Å²) in [4.78, 5) is 24.0. The topological polar surface area (TPSA) is 123 Å². The highest BCUT2D eigenvalue weighted by Crippen LogP contribution is 2.16. The molecule has 1 aromatic carbocycles. The highest BCUT2D eigenvalue weighted by molar-refractivity contribution is 6.07. The zero-order chi connectivity index (χ0) is 19.9. The smallest absolute Gasteiger partial charge is 0.305 e. The molecule has 0 saturated heterocycles. The Bertz CT molecular complexity index is 977. The highest BCUT2D eigenvalue weighted by atomic mass is 16.5. The summed E-state index contributed by atoms with van der Waals surface area (Å²) in [5.74, 6) is -1.18. The molecule has 3 rings (SSSR count). The first-order chi connectivity index (χ1) is 13.6. The van der Waals surface area contributed by atoms with Gasteiger partial charge in [0.25, 0.3) is 0 Å². The number of esters is 1. The molecule has 144 valence electrons. The van der Waals surface area contributed by atoms with Gasteiger partial charge in [-0.25, -0.2) is 0 Å². The van der Waals surface area contributed by atoms with Gasteiger partial charge in [0.15, 0.2) is 11.5 Å². The van der Waals surface area contributed by atoms with E-state index < -0.39 is 5.78 Å². The maximum absolute atomic E-state index is 12.5. The number of aliphatic hydroxyl groups is 1. The number of aliphatic hydroxyl groups excluding tert-OH is 1. The number of carbonyl (C=O) groups is 2. The van der Waals surface area contributed by atoms with Crippen LogP contribution in [0.3, 0.4) is 0 Å². The Morgan fingerprint density at radius 2 is 2.07 bits per heavy atom. The van der Waals surface area contributed by atoms with Crippen LogP contribution in [0.15, 0.2) is 48.7 Å². The molecule has 28 heavy (non-hydrogen) atoms. The number of ketones is 1. The van der Waals surface area contributed by atoms with Crippen LogP contribution < -0.4 is 0 Å². The number of aromatic nitrogens is 5. The molecule has 0 bridgehead atoms. The summed E-state index contributed by atoms with van der Waals surface area (Å²) < 4.78 is 6.61. The zero-order valence-corrected chi connectivity index (χ0v) is 15.2. The Kier molecular flexibility index (Phi) is 5.95. The third kappa shape index (κ3) is 4.70. The van der Waals surface area contributed by atoms with Crippen LogP contribution >= 0.6 is 0 Å². The van der Waals surface area contributed by atoms with Crippen LogP contribution in [0.4, 0.5) is 0 Å². The summed E-state index contributed by atoms with van der Waals surface area (Å²) in [5, 5.41) is 22.7. The van der Waals surface area contributed by atoms with Crippen LogP contribution in [0.25, 0.3) is 5.76 Å². The van der Waals surface area contributed by atoms with E-state index in [1.807, 2.05) is 34.9 Å². The van der Waals surface area contributed by atoms with Gasteiger partial charge in [-0.15, -0.1) is 10.2 Å². The normalized spacial score (nSPS) is 11.4. The molecule has 0 aliphatic rings. The Hall–Kier alpha value is -3.75. The minimum Gasteiger partial charge on any atom is -0.504 e. The van der Waals surface area contributed by atoms with E-state index in [9.17, 15) is 14.7 Å². The van der Waals surface area contributed by atoms with Crippen LogP contribution in [0.2, 0.25) is 0 Å². The van der Waals surface area contributed by atoms with Crippen molar-refractivity contribution < 1.29 is 19.4 Å². The first-order valence-electron chi connectivity index (χ1n) is 8.55. The molecule has 0 aliphatic heterocycles. The van der Waals surface area contributed by atoms with Gasteiger partial charge >= 0.3 is 5.97 Å². The monoisotopic (exact) mass is 381 g/mol. The van der Waals surface area contributed by atoms with E-state index in [0.717, 1.165) is 17.3 Å². The molecule has 2 aromatic heterocycles. The maximum Gasteiger partial charge on any atom is 0.305 e. The van der Waals surface area contributed by atoms with Gasteiger partial charge in [0, 0.05) is 30.1 Å². The van der Waals surface area contributed by atoms with Crippen molar-refractivity contribution >= 4 is 17.5 Å². The van der Waals surface area contributed by atoms with Crippen molar-refractivity contribution in [2.45, 2.75) is 19.4 Å². The molecule has 0 aliphatic carbocycles. The largest absolute Gasteiger partial charge is 0.504 e. The number of benzene rings is 1. The molecule has 3 aromatic rings. The highest BCUT2D eigenvalue weighted by Gasteiger charge is 2.15. The number of aryl methyl sites for hydroxylation is 1. The standard InChI is InChI=1S/C19H19N5O4/c1-28-18(27)8-7-15-9-14(12-24(15)11-13-5-3-2-4-6-13)16(25)10-17(26)19-20-22-23-21-19/h2-6,9-10,12,26H,7-8,11H2,1H3,(H,20,21,22,23). The quantitative estimate of drug-likeness (QED) is 0.264. The Balaban J connectivity index is 1.85. The second kappa shape index (κ2) is 8.76. The van der Waals surface area contributed by atoms with Crippen molar-refractivity contribution in [3.63, 3.8) is 0 Å². The fraction of sp³-hybridized carbons (Fsp3) is 0.211. The minimum atomic E-state index is -0.409. The molecule has 0 radical (unpaired) electrons. The average Bonchev–Trinajstić information content (AvgIpc) is 3.37. The van der Waals surface area contributed by atoms with Crippen molar-refractivity contribution in [1.29, 1.82) is 0 Å². The summed E-state index contributed by atoms with van der Waals surface area (Å²) in [6, 6.07) is 11.5. The molecule has 2 N–H and O–H groups in total. The lowest BCUT2D eigenvalue weighted by atomic mass is 10.1. The second-order valence-electron chi connectivity index (χ2n) is 6.04. The van der Waals surface area contributed by atoms with Gasteiger partial charge in [0.05, 0.1) is 13.5 Å². The predicted molar refractivity (Wildman–Crippen MR) is 99.4 cm³/mol. The van der Waals surface area contributed by atoms with Gasteiger partial charge in [-0.2, -0.15) is 5.21 Å². The molecule has 2 heterocycles. The summed E-state index contributed by atoms with van der Waals surface area (Å²) in [5.41, 5.74) is 2.25. The average molecular weight is 381 g/mol. The number of nitrogens with zero attached hydrogens (tertiary/aromatic N) is 4. The van der Waals surface area contributed by atoms with Crippen LogP contribution in [0.5, 0.6) is 0 Å². The number of tetrazole rings is 1. The van der Waals surface area contributed by atoms with Crippen molar-refractivity contribution in [2.24, 2.45) is 0 Å². The molecule has 0 unspecified atom stereocenters. The van der Waals surface area contributed by atoms with Crippen molar-refractivity contribution in [3.05, 3.63) is 71.3 Å². The van der Waals surface area contributed by atoms with Crippen LogP contribution in [0.1, 0.15) is 33.9 Å². The summed E-state index contributed by atoms with van der Waals surface area (Å²) >= 11 is 0. The summed E-state index contributed by atoms with van der Waals surface area (Å²) in [6.07, 6.45) is 3.36. The minimum absolute atomic E-state index is 0.0667. The third-order valence-corrected chi connectivity index (χ3v) is 4.12. The van der Waals surface area contributed by atoms with Gasteiger partial charge in [0.2, 0.25) is 5.82 Å². The lowest BCUT2D eigenvalue weighted by Gasteiger charge is -2.09. The Morgan fingerprint density at radius 1 is 1.29 bits per heavy atom. The van der Waals surface area contributed by atoms with E-state index in [0.29, 0.717) is 18.5 Å². The number of ether oxygens (including phenoxy) is 1. The number of hydrogen-bond donors (Lipinski definition) is 2. The van der Waals surface area contributed by atoms with Crippen molar-refractivity contribution in [3.8, 4) is 0 Å². The van der Waals surface area contributed by atoms with Crippen LogP contribution in [-0.4, -0.2) is 49.2 Å². The molecule has 9 nitrogen and oxygen atoms in total. The number of allylic oxidation sites excluding steroid dienone is 1. The van der Waals surface area contributed by atoms with E-state index in [-0.39, 0.29) is 24.0 Å². The van der Waals surface area contributed by atoms with Crippen LogP contribution in [-0.2, 0) is 22.5 Å². The first-order valence-corrected chi connectivity index (χ1v) is 8.55. The lowest BCUT2D eigenvalue weighted by molar-refractivity contribution is -0.140. The summed E-state index contributed by atoms with van der Waals surface area (Å²) in [6.45, 7) is 0.547. The van der Waals surface area contributed by atoms with Gasteiger partial charge in [-0.1, -0.05) is 30.3 Å². The molecule has 0 saturated carbocycles. The number of carbonyl (C=O) groups excluding carboxylic acids is 2. The number of nitrogens with one attached hydrogen (secondary N) is 1. The van der Waals surface area contributed by atoms with Crippen molar-refractivity contribution in [2.75, 3.05) is 7.11 Å².